The number of H-pyrrole nitrogens is 2. The molecule has 6 nitrogen and oxygen atoms in total. The molecule has 0 aliphatic heterocycles. The number of hydrogen-bond donors (Lipinski definition) is 2. The van der Waals surface area contributed by atoms with E-state index in [0.29, 0.717) is 12.2 Å². The van der Waals surface area contributed by atoms with E-state index in [-0.39, 0.29) is 7.33 Å². The van der Waals surface area contributed by atoms with E-state index in [1.54, 1.807) is 6.33 Å². The van der Waals surface area contributed by atoms with E-state index in [4.69, 9.17) is 0 Å². The van der Waals surface area contributed by atoms with Gasteiger partial charge < -0.3 is 14.9 Å². The molecular formula is C18H25N5O. The van der Waals surface area contributed by atoms with Crippen molar-refractivity contribution in [1.29, 1.82) is 0 Å². The third kappa shape index (κ3) is 2.91. The summed E-state index contributed by atoms with van der Waals surface area (Å²) in [6.45, 7) is 7.66. The topological polar surface area (TPSA) is 77.7 Å². The Hall–Kier alpha value is -2.63. The molecule has 6 heteroatoms. The van der Waals surface area contributed by atoms with Crippen molar-refractivity contribution in [3.05, 3.63) is 36.0 Å². The maximum absolute atomic E-state index is 12.7. The Kier molecular flexibility index (Phi) is 4.64. The third-order valence-corrected chi connectivity index (χ3v) is 4.30. The van der Waals surface area contributed by atoms with Gasteiger partial charge in [-0.1, -0.05) is 13.3 Å². The largest absolute Gasteiger partial charge is 0.357 e. The number of amides is 1. The maximum atomic E-state index is 12.7. The first-order chi connectivity index (χ1) is 11.7. The number of aromatic nitrogens is 4. The van der Waals surface area contributed by atoms with E-state index < -0.39 is 0 Å². The van der Waals surface area contributed by atoms with Crippen molar-refractivity contribution in [1.82, 2.24) is 24.8 Å². The van der Waals surface area contributed by atoms with Gasteiger partial charge in [0.25, 0.3) is 5.91 Å². The van der Waals surface area contributed by atoms with Crippen molar-refractivity contribution < 1.29 is 6.22 Å². The van der Waals surface area contributed by atoms with Crippen LogP contribution in [0.1, 0.15) is 44.2 Å². The molecule has 0 unspecified atom stereocenters. The lowest BCUT2D eigenvalue weighted by molar-refractivity contribution is 0.0757. The van der Waals surface area contributed by atoms with Crippen LogP contribution in [0.3, 0.4) is 0 Å². The molecule has 3 rings (SSSR count). The molecule has 0 atom stereocenters. The average molecular weight is 327 g/mol. The predicted octanol–water partition coefficient (Wildman–Crippen LogP) is 3.77. The van der Waals surface area contributed by atoms with Gasteiger partial charge in [-0.3, -0.25) is 4.79 Å². The van der Waals surface area contributed by atoms with Crippen LogP contribution in [-0.4, -0.2) is 43.8 Å². The van der Waals surface area contributed by atoms with Crippen LogP contribution >= 0.6 is 0 Å². The first-order valence-corrected chi connectivity index (χ1v) is 8.42. The molecule has 3 aromatic heterocycles. The number of nitrogens with one attached hydrogen (secondary N) is 2. The fraction of sp³-hybridized carbons (Fsp3) is 0.389. The molecule has 0 saturated heterocycles. The molecule has 0 radical (unpaired) electrons. The summed E-state index contributed by atoms with van der Waals surface area (Å²) in [5.41, 5.74) is 4.24. The minimum absolute atomic E-state index is 0. The summed E-state index contributed by atoms with van der Waals surface area (Å²) in [7, 11) is 0. The molecule has 2 N–H and O–H groups in total. The lowest BCUT2D eigenvalue weighted by Gasteiger charge is -2.19. The van der Waals surface area contributed by atoms with Crippen LogP contribution in [0.15, 0.2) is 24.8 Å². The van der Waals surface area contributed by atoms with Crippen LogP contribution in [0.25, 0.3) is 22.3 Å². The van der Waals surface area contributed by atoms with Gasteiger partial charge in [0.1, 0.15) is 17.7 Å². The predicted molar refractivity (Wildman–Crippen MR) is 97.0 cm³/mol. The van der Waals surface area contributed by atoms with Gasteiger partial charge in [-0.2, -0.15) is 0 Å². The van der Waals surface area contributed by atoms with Crippen molar-refractivity contribution in [2.75, 3.05) is 13.1 Å². The quantitative estimate of drug-likeness (QED) is 0.723. The second-order valence-electron chi connectivity index (χ2n) is 5.96. The van der Waals surface area contributed by atoms with Gasteiger partial charge in [0.15, 0.2) is 0 Å². The van der Waals surface area contributed by atoms with Crippen LogP contribution in [0.5, 0.6) is 0 Å². The zero-order valence-electron chi connectivity index (χ0n) is 14.4. The molecule has 24 heavy (non-hydrogen) atoms. The van der Waals surface area contributed by atoms with Crippen LogP contribution in [-0.2, 0) is 0 Å². The lowest BCUT2D eigenvalue weighted by atomic mass is 10.1. The van der Waals surface area contributed by atoms with Crippen LogP contribution < -0.4 is 0 Å². The Morgan fingerprint density at radius 2 is 2.08 bits per heavy atom. The lowest BCUT2D eigenvalue weighted by Crippen LogP contribution is -2.31. The van der Waals surface area contributed by atoms with Gasteiger partial charge in [-0.05, 0) is 31.9 Å². The monoisotopic (exact) mass is 327 g/mol. The van der Waals surface area contributed by atoms with Crippen molar-refractivity contribution in [2.45, 2.75) is 33.6 Å². The zero-order valence-corrected chi connectivity index (χ0v) is 14.4. The normalized spacial score (nSPS) is 11.1. The highest BCUT2D eigenvalue weighted by molar-refractivity contribution is 5.97. The first kappa shape index (κ1) is 16.2. The smallest absolute Gasteiger partial charge is 0.270 e. The van der Waals surface area contributed by atoms with Gasteiger partial charge in [-0.15, -0.1) is 0 Å². The Morgan fingerprint density at radius 1 is 1.25 bits per heavy atom. The fourth-order valence-electron chi connectivity index (χ4n) is 2.91. The number of unbranched alkanes of at least 4 members (excludes halogenated alkanes) is 1. The maximum Gasteiger partial charge on any atom is 0.270 e. The van der Waals surface area contributed by atoms with Crippen molar-refractivity contribution >= 4 is 16.9 Å². The number of aromatic amines is 2. The van der Waals surface area contributed by atoms with Crippen LogP contribution in [0, 0.1) is 6.92 Å². The minimum Gasteiger partial charge on any atom is -0.357 e. The molecule has 0 aromatic carbocycles. The number of carbonyl (C=O) groups excluding carboxylic acids is 1. The van der Waals surface area contributed by atoms with E-state index in [2.05, 4.69) is 26.9 Å². The second-order valence-corrected chi connectivity index (χ2v) is 5.96. The van der Waals surface area contributed by atoms with Crippen LogP contribution in [0.4, 0.5) is 0 Å². The highest BCUT2D eigenvalue weighted by Gasteiger charge is 2.18. The average Bonchev–Trinajstić information content (AvgIpc) is 3.23. The SMILES string of the molecule is CCCCN(CC)C(=O)c1cc(-c2ncnc3[nH]cc(C)c23)c[nH]1.[HH]. The molecule has 3 heterocycles. The van der Waals surface area contributed by atoms with Crippen molar-refractivity contribution in [3.63, 3.8) is 0 Å². The molecule has 0 aliphatic carbocycles. The van der Waals surface area contributed by atoms with E-state index in [1.807, 2.05) is 37.2 Å². The third-order valence-electron chi connectivity index (χ3n) is 4.30. The Morgan fingerprint density at radius 3 is 2.83 bits per heavy atom. The highest BCUT2D eigenvalue weighted by Crippen LogP contribution is 2.28. The number of fused-ring (bicyclic) bond motifs is 1. The molecule has 0 saturated carbocycles. The molecular weight excluding hydrogens is 302 g/mol. The molecule has 0 aliphatic rings. The van der Waals surface area contributed by atoms with E-state index in [1.165, 1.54) is 0 Å². The van der Waals surface area contributed by atoms with Gasteiger partial charge in [-0.25, -0.2) is 9.97 Å². The Balaban J connectivity index is 0.00000225. The number of carbonyl (C=O) groups is 1. The van der Waals surface area contributed by atoms with Crippen LogP contribution in [0.2, 0.25) is 0 Å². The van der Waals surface area contributed by atoms with E-state index in [0.717, 1.165) is 47.2 Å². The van der Waals surface area contributed by atoms with Crippen molar-refractivity contribution in [3.8, 4) is 11.3 Å². The molecule has 0 fully saturated rings. The summed E-state index contributed by atoms with van der Waals surface area (Å²) < 4.78 is 0. The summed E-state index contributed by atoms with van der Waals surface area (Å²) >= 11 is 0. The standard InChI is InChI=1S/C18H23N5O.H2/c1-4-6-7-23(5-2)18(24)14-8-13(10-19-14)16-15-12(3)9-20-17(15)22-11-21-16;/h8-11,19H,4-7H2,1-3H3,(H,20,21,22);1H. The highest BCUT2D eigenvalue weighted by atomic mass is 16.2. The van der Waals surface area contributed by atoms with Gasteiger partial charge in [0.2, 0.25) is 0 Å². The van der Waals surface area contributed by atoms with Gasteiger partial charge in [0.05, 0.1) is 5.69 Å². The Bertz CT molecular complexity index is 854. The molecule has 3 aromatic rings. The van der Waals surface area contributed by atoms with Gasteiger partial charge >= 0.3 is 0 Å². The summed E-state index contributed by atoms with van der Waals surface area (Å²) in [4.78, 5) is 29.5. The molecule has 0 spiro atoms. The molecule has 0 bridgehead atoms. The first-order valence-electron chi connectivity index (χ1n) is 8.42. The van der Waals surface area contributed by atoms with Gasteiger partial charge in [0, 0.05) is 37.9 Å². The summed E-state index contributed by atoms with van der Waals surface area (Å²) in [6, 6.07) is 1.88. The number of aryl methyl sites for hydroxylation is 1. The molecule has 128 valence electrons. The minimum atomic E-state index is 0. The van der Waals surface area contributed by atoms with Crippen molar-refractivity contribution in [2.24, 2.45) is 0 Å². The number of rotatable bonds is 6. The summed E-state index contributed by atoms with van der Waals surface area (Å²) in [6.07, 6.45) is 7.40. The fourth-order valence-corrected chi connectivity index (χ4v) is 2.91. The number of nitrogens with zero attached hydrogens (tertiary/aromatic N) is 3. The molecule has 1 amide bonds. The summed E-state index contributed by atoms with van der Waals surface area (Å²) in [5.74, 6) is 0.0355. The summed E-state index contributed by atoms with van der Waals surface area (Å²) in [5, 5.41) is 0.994. The van der Waals surface area contributed by atoms with E-state index in [9.17, 15) is 4.79 Å². The Labute approximate surface area is 142 Å². The number of hydrogen-bond acceptors (Lipinski definition) is 3. The van der Waals surface area contributed by atoms with E-state index >= 15 is 0 Å². The zero-order chi connectivity index (χ0) is 17.1. The second kappa shape index (κ2) is 6.86.